The van der Waals surface area contributed by atoms with Gasteiger partial charge in [-0.15, -0.1) is 0 Å². The van der Waals surface area contributed by atoms with Crippen molar-refractivity contribution in [2.45, 2.75) is 31.8 Å². The maximum atomic E-state index is 13.8. The number of rotatable bonds is 6. The molecule has 5 nitrogen and oxygen atoms in total. The van der Waals surface area contributed by atoms with E-state index in [0.29, 0.717) is 12.2 Å². The van der Waals surface area contributed by atoms with E-state index in [1.807, 2.05) is 12.1 Å². The molecule has 138 valence electrons. The molecule has 2 N–H and O–H groups in total. The molecule has 1 saturated carbocycles. The monoisotopic (exact) mass is 349 g/mol. The average Bonchev–Trinajstić information content (AvgIpc) is 3.06. The molecule has 3 rings (SSSR count). The van der Waals surface area contributed by atoms with E-state index in [0.717, 1.165) is 58.4 Å². The minimum absolute atomic E-state index is 0.00521. The van der Waals surface area contributed by atoms with Crippen LogP contribution >= 0.6 is 0 Å². The van der Waals surface area contributed by atoms with Crippen LogP contribution in [0.4, 0.5) is 10.1 Å². The number of anilines is 1. The number of nitrogens with one attached hydrogen (secondary N) is 1. The van der Waals surface area contributed by atoms with Gasteiger partial charge in [0.1, 0.15) is 5.82 Å². The SMILES string of the molecule is O=C(NCCCN1CCN(c2ccccc2F)CC1)C1CCCC1O. The van der Waals surface area contributed by atoms with Crippen LogP contribution in [0, 0.1) is 11.7 Å². The minimum Gasteiger partial charge on any atom is -0.392 e. The number of nitrogens with zero attached hydrogens (tertiary/aromatic N) is 2. The third-order valence-corrected chi connectivity index (χ3v) is 5.33. The summed E-state index contributed by atoms with van der Waals surface area (Å²) in [7, 11) is 0. The Hall–Kier alpha value is -1.66. The first-order valence-electron chi connectivity index (χ1n) is 9.33. The lowest BCUT2D eigenvalue weighted by Gasteiger charge is -2.36. The Labute approximate surface area is 148 Å². The number of aliphatic hydroxyl groups excluding tert-OH is 1. The smallest absolute Gasteiger partial charge is 0.225 e. The van der Waals surface area contributed by atoms with Gasteiger partial charge in [0, 0.05) is 32.7 Å². The van der Waals surface area contributed by atoms with Gasteiger partial charge in [0.25, 0.3) is 0 Å². The number of para-hydroxylation sites is 1. The maximum Gasteiger partial charge on any atom is 0.225 e. The molecule has 6 heteroatoms. The van der Waals surface area contributed by atoms with Crippen LogP contribution in [0.15, 0.2) is 24.3 Å². The zero-order chi connectivity index (χ0) is 17.6. The summed E-state index contributed by atoms with van der Waals surface area (Å²) in [6.45, 7) is 5.03. The maximum absolute atomic E-state index is 13.8. The highest BCUT2D eigenvalue weighted by molar-refractivity contribution is 5.79. The van der Waals surface area contributed by atoms with Crippen LogP contribution < -0.4 is 10.2 Å². The van der Waals surface area contributed by atoms with Crippen molar-refractivity contribution in [3.8, 4) is 0 Å². The van der Waals surface area contributed by atoms with Crippen LogP contribution in [0.3, 0.4) is 0 Å². The molecule has 0 radical (unpaired) electrons. The van der Waals surface area contributed by atoms with Gasteiger partial charge >= 0.3 is 0 Å². The highest BCUT2D eigenvalue weighted by atomic mass is 19.1. The molecule has 0 bridgehead atoms. The number of amides is 1. The Kier molecular flexibility index (Phi) is 6.26. The Morgan fingerprint density at radius 2 is 1.96 bits per heavy atom. The number of benzene rings is 1. The van der Waals surface area contributed by atoms with Crippen molar-refractivity contribution in [1.82, 2.24) is 10.2 Å². The number of halogens is 1. The first-order valence-corrected chi connectivity index (χ1v) is 9.33. The molecule has 1 amide bonds. The van der Waals surface area contributed by atoms with Crippen LogP contribution in [0.1, 0.15) is 25.7 Å². The summed E-state index contributed by atoms with van der Waals surface area (Å²) in [4.78, 5) is 16.5. The zero-order valence-electron chi connectivity index (χ0n) is 14.7. The molecule has 2 unspecified atom stereocenters. The van der Waals surface area contributed by atoms with Gasteiger partial charge in [0.2, 0.25) is 5.91 Å². The minimum atomic E-state index is -0.466. The predicted molar refractivity (Wildman–Crippen MR) is 96.0 cm³/mol. The van der Waals surface area contributed by atoms with Crippen molar-refractivity contribution >= 4 is 11.6 Å². The van der Waals surface area contributed by atoms with Crippen LogP contribution in [0.5, 0.6) is 0 Å². The molecule has 1 saturated heterocycles. The number of hydrogen-bond donors (Lipinski definition) is 2. The molecule has 2 atom stereocenters. The Morgan fingerprint density at radius 3 is 2.64 bits per heavy atom. The van der Waals surface area contributed by atoms with E-state index in [1.165, 1.54) is 6.07 Å². The van der Waals surface area contributed by atoms with Gasteiger partial charge in [-0.25, -0.2) is 4.39 Å². The Bertz CT molecular complexity index is 576. The lowest BCUT2D eigenvalue weighted by molar-refractivity contribution is -0.127. The second-order valence-electron chi connectivity index (χ2n) is 7.03. The summed E-state index contributed by atoms with van der Waals surface area (Å²) in [5.41, 5.74) is 0.685. The molecule has 1 aliphatic heterocycles. The molecule has 1 heterocycles. The van der Waals surface area contributed by atoms with E-state index in [1.54, 1.807) is 6.07 Å². The number of carbonyl (C=O) groups excluding carboxylic acids is 1. The normalized spacial score (nSPS) is 24.5. The molecule has 1 aliphatic carbocycles. The molecule has 0 aromatic heterocycles. The Morgan fingerprint density at radius 1 is 1.20 bits per heavy atom. The van der Waals surface area contributed by atoms with Gasteiger partial charge in [-0.05, 0) is 44.4 Å². The summed E-state index contributed by atoms with van der Waals surface area (Å²) < 4.78 is 13.8. The first kappa shape index (κ1) is 18.1. The molecule has 1 aromatic rings. The number of carbonyl (C=O) groups is 1. The van der Waals surface area contributed by atoms with E-state index < -0.39 is 6.10 Å². The molecule has 1 aromatic carbocycles. The van der Waals surface area contributed by atoms with Gasteiger partial charge < -0.3 is 15.3 Å². The highest BCUT2D eigenvalue weighted by Gasteiger charge is 2.31. The van der Waals surface area contributed by atoms with Crippen molar-refractivity contribution in [1.29, 1.82) is 0 Å². The van der Waals surface area contributed by atoms with Crippen molar-refractivity contribution in [2.24, 2.45) is 5.92 Å². The third-order valence-electron chi connectivity index (χ3n) is 5.33. The predicted octanol–water partition coefficient (Wildman–Crippen LogP) is 1.61. The fourth-order valence-electron chi connectivity index (χ4n) is 3.81. The summed E-state index contributed by atoms with van der Waals surface area (Å²) >= 11 is 0. The highest BCUT2D eigenvalue weighted by Crippen LogP contribution is 2.25. The fraction of sp³-hybridized carbons (Fsp3) is 0.632. The topological polar surface area (TPSA) is 55.8 Å². The van der Waals surface area contributed by atoms with Crippen LogP contribution in [0.2, 0.25) is 0 Å². The fourth-order valence-corrected chi connectivity index (χ4v) is 3.81. The second-order valence-corrected chi connectivity index (χ2v) is 7.03. The van der Waals surface area contributed by atoms with Gasteiger partial charge in [-0.1, -0.05) is 12.1 Å². The third kappa shape index (κ3) is 4.70. The molecular weight excluding hydrogens is 321 g/mol. The standard InChI is InChI=1S/C19H28FN3O2/c20-16-6-1-2-7-17(16)23-13-11-22(12-14-23)10-4-9-21-19(25)15-5-3-8-18(15)24/h1-2,6-7,15,18,24H,3-5,8-14H2,(H,21,25). The Balaban J connectivity index is 1.33. The largest absolute Gasteiger partial charge is 0.392 e. The lowest BCUT2D eigenvalue weighted by atomic mass is 10.1. The van der Waals surface area contributed by atoms with Crippen molar-refractivity contribution < 1.29 is 14.3 Å². The molecular formula is C19H28FN3O2. The first-order chi connectivity index (χ1) is 12.1. The molecule has 2 fully saturated rings. The van der Waals surface area contributed by atoms with Crippen molar-refractivity contribution in [2.75, 3.05) is 44.2 Å². The van der Waals surface area contributed by atoms with E-state index in [9.17, 15) is 14.3 Å². The van der Waals surface area contributed by atoms with Gasteiger partial charge in [0.15, 0.2) is 0 Å². The molecule has 2 aliphatic rings. The van der Waals surface area contributed by atoms with Crippen molar-refractivity contribution in [3.63, 3.8) is 0 Å². The van der Waals surface area contributed by atoms with Gasteiger partial charge in [0.05, 0.1) is 17.7 Å². The summed E-state index contributed by atoms with van der Waals surface area (Å²) in [6, 6.07) is 6.92. The quantitative estimate of drug-likeness (QED) is 0.767. The average molecular weight is 349 g/mol. The van der Waals surface area contributed by atoms with E-state index in [4.69, 9.17) is 0 Å². The van der Waals surface area contributed by atoms with E-state index >= 15 is 0 Å². The van der Waals surface area contributed by atoms with E-state index in [2.05, 4.69) is 15.1 Å². The summed E-state index contributed by atoms with van der Waals surface area (Å²) in [5, 5.41) is 12.7. The summed E-state index contributed by atoms with van der Waals surface area (Å²) in [5.74, 6) is -0.383. The lowest BCUT2D eigenvalue weighted by Crippen LogP contribution is -2.47. The number of hydrogen-bond acceptors (Lipinski definition) is 4. The van der Waals surface area contributed by atoms with Crippen LogP contribution in [-0.4, -0.2) is 61.3 Å². The van der Waals surface area contributed by atoms with Gasteiger partial charge in [-0.2, -0.15) is 0 Å². The number of piperazine rings is 1. The van der Waals surface area contributed by atoms with Gasteiger partial charge in [-0.3, -0.25) is 9.69 Å². The molecule has 0 spiro atoms. The molecule has 25 heavy (non-hydrogen) atoms. The van der Waals surface area contributed by atoms with Crippen LogP contribution in [0.25, 0.3) is 0 Å². The summed E-state index contributed by atoms with van der Waals surface area (Å²) in [6.07, 6.45) is 2.90. The second kappa shape index (κ2) is 8.63. The zero-order valence-corrected chi connectivity index (χ0v) is 14.7. The van der Waals surface area contributed by atoms with Crippen molar-refractivity contribution in [3.05, 3.63) is 30.1 Å². The van der Waals surface area contributed by atoms with E-state index in [-0.39, 0.29) is 17.6 Å². The number of aliphatic hydroxyl groups is 1. The van der Waals surface area contributed by atoms with Crippen LogP contribution in [-0.2, 0) is 4.79 Å².